The van der Waals surface area contributed by atoms with Crippen molar-refractivity contribution in [2.75, 3.05) is 6.67 Å². The van der Waals surface area contributed by atoms with Crippen LogP contribution in [0.3, 0.4) is 0 Å². The van der Waals surface area contributed by atoms with Crippen LogP contribution in [0.25, 0.3) is 11.3 Å². The first-order valence-electron chi connectivity index (χ1n) is 6.17. The fourth-order valence-corrected chi connectivity index (χ4v) is 2.05. The zero-order chi connectivity index (χ0) is 13.1. The average molecular weight is 255 g/mol. The Balaban J connectivity index is 1.82. The maximum Gasteiger partial charge on any atom is 0.123 e. The molecule has 1 N–H and O–H groups in total. The lowest BCUT2D eigenvalue weighted by Gasteiger charge is -2.14. The summed E-state index contributed by atoms with van der Waals surface area (Å²) >= 11 is 0. The number of nitrogens with one attached hydrogen (secondary N) is 1. The molecule has 1 aliphatic heterocycles. The zero-order valence-corrected chi connectivity index (χ0v) is 10.4. The van der Waals surface area contributed by atoms with Crippen molar-refractivity contribution in [3.05, 3.63) is 66.4 Å². The summed E-state index contributed by atoms with van der Waals surface area (Å²) in [6.45, 7) is 1.57. The van der Waals surface area contributed by atoms with Gasteiger partial charge in [0.15, 0.2) is 0 Å². The number of nitrogens with zero attached hydrogens (tertiary/aromatic N) is 2. The smallest absolute Gasteiger partial charge is 0.123 e. The van der Waals surface area contributed by atoms with Crippen molar-refractivity contribution >= 4 is 0 Å². The van der Waals surface area contributed by atoms with Crippen LogP contribution in [0.4, 0.5) is 4.39 Å². The minimum absolute atomic E-state index is 0.229. The van der Waals surface area contributed by atoms with Gasteiger partial charge < -0.3 is 10.2 Å². The van der Waals surface area contributed by atoms with E-state index in [1.165, 1.54) is 12.1 Å². The summed E-state index contributed by atoms with van der Waals surface area (Å²) < 4.78 is 12.9. The molecule has 0 unspecified atom stereocenters. The molecule has 1 aromatic heterocycles. The molecule has 3 rings (SSSR count). The van der Waals surface area contributed by atoms with Gasteiger partial charge in [-0.05, 0) is 36.4 Å². The van der Waals surface area contributed by atoms with Gasteiger partial charge >= 0.3 is 0 Å². The molecule has 0 saturated heterocycles. The Morgan fingerprint density at radius 3 is 2.74 bits per heavy atom. The van der Waals surface area contributed by atoms with Crippen LogP contribution in [-0.2, 0) is 6.54 Å². The van der Waals surface area contributed by atoms with Gasteiger partial charge in [-0.15, -0.1) is 0 Å². The second kappa shape index (κ2) is 5.10. The van der Waals surface area contributed by atoms with Gasteiger partial charge in [0.2, 0.25) is 0 Å². The fraction of sp³-hybridized carbons (Fsp3) is 0.133. The molecule has 3 nitrogen and oxygen atoms in total. The molecular weight excluding hydrogens is 241 g/mol. The van der Waals surface area contributed by atoms with Gasteiger partial charge in [-0.1, -0.05) is 6.07 Å². The molecule has 19 heavy (non-hydrogen) atoms. The Morgan fingerprint density at radius 2 is 2.00 bits per heavy atom. The van der Waals surface area contributed by atoms with Crippen molar-refractivity contribution in [3.8, 4) is 11.3 Å². The van der Waals surface area contributed by atoms with Gasteiger partial charge in [-0.3, -0.25) is 4.98 Å². The summed E-state index contributed by atoms with van der Waals surface area (Å²) in [5, 5.41) is 3.12. The van der Waals surface area contributed by atoms with Crippen LogP contribution in [0.5, 0.6) is 0 Å². The number of pyridine rings is 1. The number of hydrogen-bond donors (Lipinski definition) is 1. The summed E-state index contributed by atoms with van der Waals surface area (Å²) in [5.41, 5.74) is 2.79. The van der Waals surface area contributed by atoms with E-state index in [1.54, 1.807) is 12.1 Å². The first-order chi connectivity index (χ1) is 9.31. The molecule has 0 atom stereocenters. The predicted molar refractivity (Wildman–Crippen MR) is 72.3 cm³/mol. The quantitative estimate of drug-likeness (QED) is 0.914. The highest BCUT2D eigenvalue weighted by Crippen LogP contribution is 2.18. The lowest BCUT2D eigenvalue weighted by atomic mass is 10.1. The van der Waals surface area contributed by atoms with Crippen molar-refractivity contribution < 1.29 is 4.39 Å². The third-order valence-corrected chi connectivity index (χ3v) is 3.01. The molecule has 2 aromatic rings. The first-order valence-corrected chi connectivity index (χ1v) is 6.17. The number of hydrogen-bond acceptors (Lipinski definition) is 3. The first kappa shape index (κ1) is 11.7. The van der Waals surface area contributed by atoms with E-state index in [9.17, 15) is 4.39 Å². The van der Waals surface area contributed by atoms with Crippen molar-refractivity contribution in [1.82, 2.24) is 15.2 Å². The van der Waals surface area contributed by atoms with Crippen molar-refractivity contribution in [3.63, 3.8) is 0 Å². The number of rotatable bonds is 3. The third kappa shape index (κ3) is 2.73. The molecule has 0 amide bonds. The van der Waals surface area contributed by atoms with E-state index in [0.29, 0.717) is 0 Å². The van der Waals surface area contributed by atoms with E-state index in [1.807, 2.05) is 30.6 Å². The third-order valence-electron chi connectivity index (χ3n) is 3.01. The highest BCUT2D eigenvalue weighted by Gasteiger charge is 2.06. The number of benzene rings is 1. The molecule has 4 heteroatoms. The lowest BCUT2D eigenvalue weighted by Crippen LogP contribution is -2.20. The highest BCUT2D eigenvalue weighted by atomic mass is 19.1. The van der Waals surface area contributed by atoms with Crippen LogP contribution in [0.1, 0.15) is 5.69 Å². The van der Waals surface area contributed by atoms with Gasteiger partial charge in [-0.2, -0.15) is 0 Å². The molecule has 0 saturated carbocycles. The second-order valence-corrected chi connectivity index (χ2v) is 4.45. The molecule has 1 aromatic carbocycles. The Kier molecular flexibility index (Phi) is 3.14. The average Bonchev–Trinajstić information content (AvgIpc) is 2.93. The van der Waals surface area contributed by atoms with E-state index in [0.717, 1.165) is 30.2 Å². The van der Waals surface area contributed by atoms with Crippen molar-refractivity contribution in [1.29, 1.82) is 0 Å². The Bertz CT molecular complexity index is 593. The van der Waals surface area contributed by atoms with Gasteiger partial charge in [-0.25, -0.2) is 4.39 Å². The minimum Gasteiger partial charge on any atom is -0.373 e. The summed E-state index contributed by atoms with van der Waals surface area (Å²) in [4.78, 5) is 6.75. The van der Waals surface area contributed by atoms with E-state index in [-0.39, 0.29) is 5.82 Å². The van der Waals surface area contributed by atoms with E-state index < -0.39 is 0 Å². The van der Waals surface area contributed by atoms with Crippen molar-refractivity contribution in [2.24, 2.45) is 0 Å². The van der Waals surface area contributed by atoms with Crippen LogP contribution in [0.2, 0.25) is 0 Å². The molecule has 1 aliphatic rings. The van der Waals surface area contributed by atoms with E-state index in [2.05, 4.69) is 15.2 Å². The highest BCUT2D eigenvalue weighted by molar-refractivity contribution is 5.58. The molecule has 0 fully saturated rings. The number of halogens is 1. The number of aromatic nitrogens is 1. The summed E-state index contributed by atoms with van der Waals surface area (Å²) in [5.74, 6) is -0.229. The molecular formula is C15H14FN3. The second-order valence-electron chi connectivity index (χ2n) is 4.45. The Morgan fingerprint density at radius 1 is 1.16 bits per heavy atom. The zero-order valence-electron chi connectivity index (χ0n) is 10.4. The maximum atomic E-state index is 12.9. The van der Waals surface area contributed by atoms with Crippen LogP contribution in [0.15, 0.2) is 54.9 Å². The molecule has 0 radical (unpaired) electrons. The van der Waals surface area contributed by atoms with Gasteiger partial charge in [0.05, 0.1) is 24.6 Å². The lowest BCUT2D eigenvalue weighted by molar-refractivity contribution is 0.380. The topological polar surface area (TPSA) is 28.2 Å². The molecule has 0 aliphatic carbocycles. The predicted octanol–water partition coefficient (Wildman–Crippen LogP) is 2.72. The van der Waals surface area contributed by atoms with Crippen molar-refractivity contribution in [2.45, 2.75) is 6.54 Å². The summed E-state index contributed by atoms with van der Waals surface area (Å²) in [6, 6.07) is 12.3. The van der Waals surface area contributed by atoms with Crippen LogP contribution < -0.4 is 5.32 Å². The molecule has 0 bridgehead atoms. The van der Waals surface area contributed by atoms with Gasteiger partial charge in [0, 0.05) is 18.0 Å². The Labute approximate surface area is 111 Å². The molecule has 2 heterocycles. The SMILES string of the molecule is Fc1ccc(-c2cccc(CN3C=CNC3)n2)cc1. The van der Waals surface area contributed by atoms with Crippen LogP contribution >= 0.6 is 0 Å². The Hall–Kier alpha value is -2.36. The largest absolute Gasteiger partial charge is 0.373 e. The molecule has 96 valence electrons. The monoisotopic (exact) mass is 255 g/mol. The van der Waals surface area contributed by atoms with Gasteiger partial charge in [0.1, 0.15) is 5.82 Å². The maximum absolute atomic E-state index is 12.9. The standard InChI is InChI=1S/C15H14FN3/c16-13-6-4-12(5-7-13)15-3-1-2-14(18-15)10-19-9-8-17-11-19/h1-9,17H,10-11H2. The minimum atomic E-state index is -0.229. The summed E-state index contributed by atoms with van der Waals surface area (Å²) in [7, 11) is 0. The molecule has 0 spiro atoms. The van der Waals surface area contributed by atoms with Crippen LogP contribution in [0, 0.1) is 5.82 Å². The normalized spacial score (nSPS) is 13.6. The fourth-order valence-electron chi connectivity index (χ4n) is 2.05. The van der Waals surface area contributed by atoms with E-state index >= 15 is 0 Å². The summed E-state index contributed by atoms with van der Waals surface area (Å²) in [6.07, 6.45) is 3.93. The van der Waals surface area contributed by atoms with Crippen LogP contribution in [-0.4, -0.2) is 16.6 Å². The van der Waals surface area contributed by atoms with E-state index in [4.69, 9.17) is 0 Å². The van der Waals surface area contributed by atoms with Gasteiger partial charge in [0.25, 0.3) is 0 Å².